The standard InChI is InChI=1S/C21H21N7O2/c1-2-19(30)9-15-4-3-5-16(8-15)13-28-20-17(11-24-28)10-22-21(26-20)25-18-12-23-27(14-18)6-7-29/h2-5,8,10-12,14,29H,1,6-7,9,13H2,(H,22,25,26). The molecule has 0 radical (unpaired) electrons. The summed E-state index contributed by atoms with van der Waals surface area (Å²) in [6, 6.07) is 7.84. The van der Waals surface area contributed by atoms with E-state index in [4.69, 9.17) is 5.11 Å². The Hall–Kier alpha value is -3.85. The number of benzene rings is 1. The lowest BCUT2D eigenvalue weighted by Crippen LogP contribution is -2.05. The van der Waals surface area contributed by atoms with Crippen LogP contribution in [0.3, 0.4) is 0 Å². The fraction of sp³-hybridized carbons (Fsp3) is 0.190. The first-order valence-corrected chi connectivity index (χ1v) is 9.46. The third kappa shape index (κ3) is 4.41. The van der Waals surface area contributed by atoms with Gasteiger partial charge in [0.2, 0.25) is 5.95 Å². The molecule has 3 heterocycles. The van der Waals surface area contributed by atoms with Crippen molar-refractivity contribution in [1.82, 2.24) is 29.5 Å². The molecule has 3 aromatic heterocycles. The summed E-state index contributed by atoms with van der Waals surface area (Å²) in [6.45, 7) is 4.48. The number of fused-ring (bicyclic) bond motifs is 1. The van der Waals surface area contributed by atoms with Crippen molar-refractivity contribution < 1.29 is 9.90 Å². The van der Waals surface area contributed by atoms with Gasteiger partial charge in [0.1, 0.15) is 0 Å². The van der Waals surface area contributed by atoms with Gasteiger partial charge in [-0.3, -0.25) is 9.48 Å². The maximum Gasteiger partial charge on any atom is 0.229 e. The molecule has 0 unspecified atom stereocenters. The second kappa shape index (κ2) is 8.66. The third-order valence-electron chi connectivity index (χ3n) is 4.52. The van der Waals surface area contributed by atoms with Gasteiger partial charge in [0.25, 0.3) is 0 Å². The molecular formula is C21H21N7O2. The van der Waals surface area contributed by atoms with Crippen LogP contribution in [0.2, 0.25) is 0 Å². The fourth-order valence-electron chi connectivity index (χ4n) is 3.11. The molecule has 0 amide bonds. The molecule has 0 fully saturated rings. The Labute approximate surface area is 172 Å². The van der Waals surface area contributed by atoms with E-state index in [1.165, 1.54) is 6.08 Å². The van der Waals surface area contributed by atoms with E-state index in [0.717, 1.165) is 22.2 Å². The van der Waals surface area contributed by atoms with Crippen LogP contribution in [-0.4, -0.2) is 47.0 Å². The van der Waals surface area contributed by atoms with E-state index >= 15 is 0 Å². The van der Waals surface area contributed by atoms with Gasteiger partial charge >= 0.3 is 0 Å². The lowest BCUT2D eigenvalue weighted by atomic mass is 10.1. The number of hydrogen-bond donors (Lipinski definition) is 2. The highest BCUT2D eigenvalue weighted by Gasteiger charge is 2.09. The van der Waals surface area contributed by atoms with Gasteiger partial charge in [-0.1, -0.05) is 30.8 Å². The molecule has 4 rings (SSSR count). The first-order valence-electron chi connectivity index (χ1n) is 9.46. The van der Waals surface area contributed by atoms with Gasteiger partial charge in [0, 0.05) is 18.8 Å². The minimum Gasteiger partial charge on any atom is -0.394 e. The molecule has 0 spiro atoms. The van der Waals surface area contributed by atoms with Crippen LogP contribution in [0.25, 0.3) is 11.0 Å². The smallest absolute Gasteiger partial charge is 0.229 e. The number of anilines is 2. The molecule has 9 heteroatoms. The molecule has 0 aliphatic heterocycles. The molecule has 152 valence electrons. The first-order chi connectivity index (χ1) is 14.6. The number of nitrogens with one attached hydrogen (secondary N) is 1. The number of nitrogens with zero attached hydrogens (tertiary/aromatic N) is 6. The first kappa shape index (κ1) is 19.5. The molecule has 30 heavy (non-hydrogen) atoms. The molecule has 0 bridgehead atoms. The zero-order valence-corrected chi connectivity index (χ0v) is 16.3. The summed E-state index contributed by atoms with van der Waals surface area (Å²) in [7, 11) is 0. The van der Waals surface area contributed by atoms with E-state index in [-0.39, 0.29) is 12.4 Å². The predicted octanol–water partition coefficient (Wildman–Crippen LogP) is 2.10. The number of rotatable bonds is 9. The Kier molecular flexibility index (Phi) is 5.62. The molecule has 9 nitrogen and oxygen atoms in total. The van der Waals surface area contributed by atoms with Crippen molar-refractivity contribution in [3.8, 4) is 0 Å². The number of aliphatic hydroxyl groups is 1. The maximum atomic E-state index is 11.6. The van der Waals surface area contributed by atoms with Gasteiger partial charge in [-0.05, 0) is 17.2 Å². The van der Waals surface area contributed by atoms with Gasteiger partial charge in [-0.15, -0.1) is 0 Å². The summed E-state index contributed by atoms with van der Waals surface area (Å²) in [4.78, 5) is 20.5. The van der Waals surface area contributed by atoms with Crippen molar-refractivity contribution in [1.29, 1.82) is 0 Å². The van der Waals surface area contributed by atoms with E-state index in [2.05, 4.69) is 32.1 Å². The fourth-order valence-corrected chi connectivity index (χ4v) is 3.11. The maximum absolute atomic E-state index is 11.6. The molecule has 0 saturated heterocycles. The van der Waals surface area contributed by atoms with Gasteiger partial charge in [-0.2, -0.15) is 15.2 Å². The van der Waals surface area contributed by atoms with Gasteiger partial charge in [-0.25, -0.2) is 9.67 Å². The van der Waals surface area contributed by atoms with Gasteiger partial charge < -0.3 is 10.4 Å². The average Bonchev–Trinajstić information content (AvgIpc) is 3.35. The Balaban J connectivity index is 1.55. The number of carbonyl (C=O) groups excluding carboxylic acids is 1. The number of ketones is 1. The number of aromatic nitrogens is 6. The van der Waals surface area contributed by atoms with Crippen LogP contribution >= 0.6 is 0 Å². The molecule has 2 N–H and O–H groups in total. The van der Waals surface area contributed by atoms with Gasteiger partial charge in [0.05, 0.1) is 43.2 Å². The van der Waals surface area contributed by atoms with E-state index in [0.29, 0.717) is 31.1 Å². The lowest BCUT2D eigenvalue weighted by molar-refractivity contribution is -0.114. The number of aliphatic hydroxyl groups excluding tert-OH is 1. The van der Waals surface area contributed by atoms with Crippen LogP contribution in [0.15, 0.2) is 61.7 Å². The Bertz CT molecular complexity index is 1200. The SMILES string of the molecule is C=CC(=O)Cc1cccc(Cn2ncc3cnc(Nc4cnn(CCO)c4)nc32)c1. The summed E-state index contributed by atoms with van der Waals surface area (Å²) in [5.41, 5.74) is 3.38. The Morgan fingerprint density at radius 1 is 1.20 bits per heavy atom. The predicted molar refractivity (Wildman–Crippen MR) is 112 cm³/mol. The van der Waals surface area contributed by atoms with Crippen molar-refractivity contribution >= 4 is 28.5 Å². The van der Waals surface area contributed by atoms with E-state index in [1.807, 2.05) is 24.3 Å². The van der Waals surface area contributed by atoms with Crippen LogP contribution < -0.4 is 5.32 Å². The summed E-state index contributed by atoms with van der Waals surface area (Å²) in [6.07, 6.45) is 8.53. The summed E-state index contributed by atoms with van der Waals surface area (Å²) in [5.74, 6) is 0.417. The van der Waals surface area contributed by atoms with Crippen molar-refractivity contribution in [2.24, 2.45) is 0 Å². The lowest BCUT2D eigenvalue weighted by Gasteiger charge is -2.07. The summed E-state index contributed by atoms with van der Waals surface area (Å²) >= 11 is 0. The van der Waals surface area contributed by atoms with Crippen LogP contribution in [0.1, 0.15) is 11.1 Å². The number of allylic oxidation sites excluding steroid dienone is 1. The monoisotopic (exact) mass is 403 g/mol. The largest absolute Gasteiger partial charge is 0.394 e. The summed E-state index contributed by atoms with van der Waals surface area (Å²) in [5, 5.41) is 21.5. The van der Waals surface area contributed by atoms with E-state index in [9.17, 15) is 4.79 Å². The van der Waals surface area contributed by atoms with Crippen LogP contribution in [-0.2, 0) is 24.3 Å². The molecule has 0 aliphatic carbocycles. The van der Waals surface area contributed by atoms with Crippen LogP contribution in [0.4, 0.5) is 11.6 Å². The minimum absolute atomic E-state index is 0.0116. The second-order valence-electron chi connectivity index (χ2n) is 6.78. The minimum atomic E-state index is -0.0116. The van der Waals surface area contributed by atoms with Crippen molar-refractivity contribution in [2.75, 3.05) is 11.9 Å². The number of carbonyl (C=O) groups is 1. The quantitative estimate of drug-likeness (QED) is 0.412. The zero-order valence-electron chi connectivity index (χ0n) is 16.3. The van der Waals surface area contributed by atoms with Gasteiger partial charge in [0.15, 0.2) is 11.4 Å². The molecule has 4 aromatic rings. The molecule has 0 atom stereocenters. The molecule has 0 aliphatic rings. The zero-order chi connectivity index (χ0) is 20.9. The van der Waals surface area contributed by atoms with Crippen molar-refractivity contribution in [3.05, 3.63) is 72.8 Å². The van der Waals surface area contributed by atoms with Crippen molar-refractivity contribution in [3.63, 3.8) is 0 Å². The summed E-state index contributed by atoms with van der Waals surface area (Å²) < 4.78 is 3.43. The normalized spacial score (nSPS) is 11.0. The van der Waals surface area contributed by atoms with Crippen LogP contribution in [0.5, 0.6) is 0 Å². The van der Waals surface area contributed by atoms with Crippen molar-refractivity contribution in [2.45, 2.75) is 19.5 Å². The highest BCUT2D eigenvalue weighted by atomic mass is 16.3. The molecule has 0 saturated carbocycles. The highest BCUT2D eigenvalue weighted by Crippen LogP contribution is 2.17. The second-order valence-corrected chi connectivity index (χ2v) is 6.78. The average molecular weight is 403 g/mol. The third-order valence-corrected chi connectivity index (χ3v) is 4.52. The Morgan fingerprint density at radius 2 is 2.07 bits per heavy atom. The Morgan fingerprint density at radius 3 is 2.90 bits per heavy atom. The molecule has 1 aromatic carbocycles. The topological polar surface area (TPSA) is 111 Å². The van der Waals surface area contributed by atoms with E-state index in [1.54, 1.807) is 34.2 Å². The van der Waals surface area contributed by atoms with E-state index < -0.39 is 0 Å². The number of hydrogen-bond acceptors (Lipinski definition) is 7. The highest BCUT2D eigenvalue weighted by molar-refractivity contribution is 5.90. The van der Waals surface area contributed by atoms with Crippen LogP contribution in [0, 0.1) is 0 Å². The molecular weight excluding hydrogens is 382 g/mol.